The summed E-state index contributed by atoms with van der Waals surface area (Å²) in [6.07, 6.45) is 2.23. The molecule has 0 saturated carbocycles. The maximum Gasteiger partial charge on any atom is 0.162 e. The maximum atomic E-state index is 8.98. The molecule has 2 N–H and O–H groups in total. The number of likely N-dealkylation sites (tertiary alicyclic amines) is 1. The first kappa shape index (κ1) is 14.5. The van der Waals surface area contributed by atoms with Crippen LogP contribution < -0.4 is 5.32 Å². The van der Waals surface area contributed by atoms with Crippen LogP contribution in [0.1, 0.15) is 18.4 Å². The molecule has 2 rings (SSSR count). The number of piperidine rings is 1. The Kier molecular flexibility index (Phi) is 5.40. The Morgan fingerprint density at radius 2 is 2.26 bits per heavy atom. The molecule has 0 aliphatic carbocycles. The lowest BCUT2D eigenvalue weighted by Gasteiger charge is -2.31. The zero-order valence-electron chi connectivity index (χ0n) is 10.6. The average Bonchev–Trinajstić information content (AvgIpc) is 2.79. The van der Waals surface area contributed by atoms with Crippen molar-refractivity contribution in [1.29, 1.82) is 5.26 Å². The summed E-state index contributed by atoms with van der Waals surface area (Å²) >= 11 is 7.07. The molecule has 1 aliphatic heterocycles. The summed E-state index contributed by atoms with van der Waals surface area (Å²) in [7, 11) is 0. The quantitative estimate of drug-likeness (QED) is 0.867. The highest BCUT2D eigenvalue weighted by molar-refractivity contribution is 7.10. The molecule has 1 saturated heterocycles. The van der Waals surface area contributed by atoms with E-state index in [1.54, 1.807) is 0 Å². The first-order valence-corrected chi connectivity index (χ1v) is 7.52. The fourth-order valence-corrected chi connectivity index (χ4v) is 3.22. The van der Waals surface area contributed by atoms with Crippen molar-refractivity contribution in [3.05, 3.63) is 10.7 Å². The molecule has 19 heavy (non-hydrogen) atoms. The molecule has 0 atom stereocenters. The van der Waals surface area contributed by atoms with Crippen LogP contribution in [0.2, 0.25) is 5.15 Å². The predicted octanol–water partition coefficient (Wildman–Crippen LogP) is 1.78. The van der Waals surface area contributed by atoms with Crippen LogP contribution in [0.5, 0.6) is 0 Å². The summed E-state index contributed by atoms with van der Waals surface area (Å²) in [5.74, 6) is 0.599. The molecule has 0 radical (unpaired) electrons. The predicted molar refractivity (Wildman–Crippen MR) is 76.6 cm³/mol. The van der Waals surface area contributed by atoms with Crippen LogP contribution in [0.25, 0.3) is 0 Å². The number of aliphatic hydroxyl groups excluding tert-OH is 1. The normalized spacial score (nSPS) is 17.3. The van der Waals surface area contributed by atoms with E-state index >= 15 is 0 Å². The molecule has 1 aromatic heterocycles. The number of hydrogen-bond donors (Lipinski definition) is 2. The van der Waals surface area contributed by atoms with Crippen molar-refractivity contribution in [2.75, 3.05) is 38.1 Å². The standard InChI is InChI=1S/C12H17ClN4OS/c13-11-10(7-14)12(19-16-11)15-8-9-1-3-17(4-2-9)5-6-18/h9,15,18H,1-6,8H2. The van der Waals surface area contributed by atoms with Gasteiger partial charge in [0.1, 0.15) is 16.6 Å². The second kappa shape index (κ2) is 7.06. The van der Waals surface area contributed by atoms with Crippen LogP contribution in [0.4, 0.5) is 5.00 Å². The molecular formula is C12H17ClN4OS. The van der Waals surface area contributed by atoms with Crippen molar-refractivity contribution in [3.63, 3.8) is 0 Å². The van der Waals surface area contributed by atoms with Crippen molar-refractivity contribution >= 4 is 28.1 Å². The van der Waals surface area contributed by atoms with Gasteiger partial charge in [0, 0.05) is 13.1 Å². The van der Waals surface area contributed by atoms with Gasteiger partial charge in [0.15, 0.2) is 5.15 Å². The molecule has 2 heterocycles. The SMILES string of the molecule is N#Cc1c(Cl)nsc1NCC1CCN(CCO)CC1. The van der Waals surface area contributed by atoms with E-state index in [1.165, 1.54) is 11.5 Å². The minimum Gasteiger partial charge on any atom is -0.395 e. The van der Waals surface area contributed by atoms with Crippen LogP contribution in [-0.4, -0.2) is 47.2 Å². The van der Waals surface area contributed by atoms with E-state index in [-0.39, 0.29) is 11.8 Å². The topological polar surface area (TPSA) is 72.2 Å². The molecule has 0 bridgehead atoms. The summed E-state index contributed by atoms with van der Waals surface area (Å²) in [5, 5.41) is 22.2. The van der Waals surface area contributed by atoms with Gasteiger partial charge in [0.2, 0.25) is 0 Å². The number of halogens is 1. The van der Waals surface area contributed by atoms with Crippen LogP contribution in [0, 0.1) is 17.2 Å². The summed E-state index contributed by atoms with van der Waals surface area (Å²) in [4.78, 5) is 2.28. The third kappa shape index (κ3) is 3.80. The van der Waals surface area contributed by atoms with Crippen LogP contribution >= 0.6 is 23.1 Å². The minimum atomic E-state index is 0.230. The van der Waals surface area contributed by atoms with Crippen LogP contribution in [-0.2, 0) is 0 Å². The zero-order chi connectivity index (χ0) is 13.7. The van der Waals surface area contributed by atoms with E-state index in [1.807, 2.05) is 0 Å². The van der Waals surface area contributed by atoms with Crippen molar-refractivity contribution in [2.24, 2.45) is 5.92 Å². The minimum absolute atomic E-state index is 0.230. The lowest BCUT2D eigenvalue weighted by Crippen LogP contribution is -2.37. The summed E-state index contributed by atoms with van der Waals surface area (Å²) in [6, 6.07) is 2.07. The number of anilines is 1. The van der Waals surface area contributed by atoms with E-state index in [0.717, 1.165) is 44.0 Å². The Morgan fingerprint density at radius 3 is 2.89 bits per heavy atom. The molecule has 1 aliphatic rings. The summed E-state index contributed by atoms with van der Waals surface area (Å²) < 4.78 is 3.97. The Labute approximate surface area is 122 Å². The van der Waals surface area contributed by atoms with Crippen molar-refractivity contribution in [3.8, 4) is 6.07 Å². The highest BCUT2D eigenvalue weighted by Gasteiger charge is 2.19. The van der Waals surface area contributed by atoms with Gasteiger partial charge in [-0.15, -0.1) is 0 Å². The second-order valence-electron chi connectivity index (χ2n) is 4.68. The van der Waals surface area contributed by atoms with Gasteiger partial charge in [-0.1, -0.05) is 11.6 Å². The van der Waals surface area contributed by atoms with E-state index < -0.39 is 0 Å². The maximum absolute atomic E-state index is 8.98. The Bertz CT molecular complexity index is 451. The van der Waals surface area contributed by atoms with Gasteiger partial charge in [-0.3, -0.25) is 0 Å². The summed E-state index contributed by atoms with van der Waals surface area (Å²) in [6.45, 7) is 3.90. The number of β-amino-alcohol motifs (C(OH)–C–C–N with tert-alkyl or cyclic N) is 1. The molecule has 5 nitrogen and oxygen atoms in total. The number of nitriles is 1. The van der Waals surface area contributed by atoms with Gasteiger partial charge < -0.3 is 15.3 Å². The number of aliphatic hydroxyl groups is 1. The first-order chi connectivity index (χ1) is 9.24. The van der Waals surface area contributed by atoms with E-state index in [4.69, 9.17) is 22.0 Å². The third-order valence-electron chi connectivity index (χ3n) is 3.44. The smallest absolute Gasteiger partial charge is 0.162 e. The zero-order valence-corrected chi connectivity index (χ0v) is 12.2. The van der Waals surface area contributed by atoms with Crippen molar-refractivity contribution in [2.45, 2.75) is 12.8 Å². The molecule has 0 unspecified atom stereocenters. The van der Waals surface area contributed by atoms with Gasteiger partial charge in [0.25, 0.3) is 0 Å². The van der Waals surface area contributed by atoms with E-state index in [0.29, 0.717) is 11.5 Å². The highest BCUT2D eigenvalue weighted by Crippen LogP contribution is 2.28. The molecule has 1 fully saturated rings. The van der Waals surface area contributed by atoms with E-state index in [9.17, 15) is 0 Å². The van der Waals surface area contributed by atoms with Crippen LogP contribution in [0.3, 0.4) is 0 Å². The first-order valence-electron chi connectivity index (χ1n) is 6.37. The Morgan fingerprint density at radius 1 is 1.53 bits per heavy atom. The summed E-state index contributed by atoms with van der Waals surface area (Å²) in [5.41, 5.74) is 0.449. The third-order valence-corrected chi connectivity index (χ3v) is 4.62. The molecule has 0 amide bonds. The fourth-order valence-electron chi connectivity index (χ4n) is 2.28. The molecule has 1 aromatic rings. The highest BCUT2D eigenvalue weighted by atomic mass is 35.5. The fraction of sp³-hybridized carbons (Fsp3) is 0.667. The van der Waals surface area contributed by atoms with Crippen molar-refractivity contribution in [1.82, 2.24) is 9.27 Å². The largest absolute Gasteiger partial charge is 0.395 e. The van der Waals surface area contributed by atoms with Crippen molar-refractivity contribution < 1.29 is 5.11 Å². The van der Waals surface area contributed by atoms with Gasteiger partial charge in [-0.05, 0) is 43.4 Å². The number of nitrogens with zero attached hydrogens (tertiary/aromatic N) is 3. The number of hydrogen-bond acceptors (Lipinski definition) is 6. The van der Waals surface area contributed by atoms with Gasteiger partial charge in [-0.2, -0.15) is 9.64 Å². The van der Waals surface area contributed by atoms with Gasteiger partial charge in [-0.25, -0.2) is 0 Å². The number of rotatable bonds is 5. The molecule has 0 aromatic carbocycles. The van der Waals surface area contributed by atoms with Gasteiger partial charge >= 0.3 is 0 Å². The number of nitrogens with one attached hydrogen (secondary N) is 1. The number of aromatic nitrogens is 1. The lowest BCUT2D eigenvalue weighted by molar-refractivity contribution is 0.151. The lowest BCUT2D eigenvalue weighted by atomic mass is 9.97. The molecule has 0 spiro atoms. The Hall–Kier alpha value is -0.870. The molecular weight excluding hydrogens is 284 g/mol. The van der Waals surface area contributed by atoms with Crippen LogP contribution in [0.15, 0.2) is 0 Å². The Balaban J connectivity index is 1.79. The average molecular weight is 301 g/mol. The second-order valence-corrected chi connectivity index (χ2v) is 5.81. The monoisotopic (exact) mass is 300 g/mol. The van der Waals surface area contributed by atoms with Gasteiger partial charge in [0.05, 0.1) is 6.61 Å². The van der Waals surface area contributed by atoms with E-state index in [2.05, 4.69) is 20.7 Å². The molecule has 104 valence electrons. The molecule has 7 heteroatoms.